The van der Waals surface area contributed by atoms with Gasteiger partial charge in [-0.15, -0.1) is 0 Å². The fourth-order valence-corrected chi connectivity index (χ4v) is 2.52. The third-order valence-corrected chi connectivity index (χ3v) is 3.48. The van der Waals surface area contributed by atoms with E-state index in [4.69, 9.17) is 0 Å². The second-order valence-electron chi connectivity index (χ2n) is 4.72. The maximum Gasteiger partial charge on any atom is 0.328 e. The van der Waals surface area contributed by atoms with Crippen LogP contribution in [0, 0.1) is 5.82 Å². The van der Waals surface area contributed by atoms with Crippen LogP contribution in [0.2, 0.25) is 0 Å². The Morgan fingerprint density at radius 2 is 1.89 bits per heavy atom. The molecule has 1 fully saturated rings. The summed E-state index contributed by atoms with van der Waals surface area (Å²) >= 11 is 0. The average molecular weight is 246 g/mol. The number of benzene rings is 1. The number of piperidine rings is 1. The molecule has 0 aliphatic carbocycles. The predicted molar refractivity (Wildman–Crippen MR) is 68.1 cm³/mol. The standard InChI is InChI=1S/C14H15FN2O/c15-12-4-5-13-11(10-12)6-9-17(13)14(18)16-7-2-1-3-8-16/h4-6,9-10H,1-3,7-8H2. The van der Waals surface area contributed by atoms with Gasteiger partial charge in [0.2, 0.25) is 0 Å². The molecule has 0 spiro atoms. The Labute approximate surface area is 105 Å². The van der Waals surface area contributed by atoms with Gasteiger partial charge in [0.25, 0.3) is 0 Å². The molecule has 94 valence electrons. The Kier molecular flexibility index (Phi) is 2.78. The molecule has 1 aliphatic heterocycles. The predicted octanol–water partition coefficient (Wildman–Crippen LogP) is 3.23. The smallest absolute Gasteiger partial charge is 0.324 e. The fourth-order valence-electron chi connectivity index (χ4n) is 2.52. The second kappa shape index (κ2) is 4.44. The van der Waals surface area contributed by atoms with E-state index in [0.29, 0.717) is 0 Å². The summed E-state index contributed by atoms with van der Waals surface area (Å²) in [4.78, 5) is 14.2. The molecule has 1 aromatic heterocycles. The van der Waals surface area contributed by atoms with E-state index in [9.17, 15) is 9.18 Å². The van der Waals surface area contributed by atoms with E-state index in [2.05, 4.69) is 0 Å². The molecule has 0 saturated carbocycles. The minimum atomic E-state index is -0.273. The van der Waals surface area contributed by atoms with Crippen molar-refractivity contribution in [2.75, 3.05) is 13.1 Å². The van der Waals surface area contributed by atoms with Gasteiger partial charge < -0.3 is 4.90 Å². The highest BCUT2D eigenvalue weighted by Crippen LogP contribution is 2.19. The molecule has 2 heterocycles. The van der Waals surface area contributed by atoms with Crippen molar-refractivity contribution in [3.63, 3.8) is 0 Å². The van der Waals surface area contributed by atoms with Crippen molar-refractivity contribution in [1.82, 2.24) is 9.47 Å². The first-order valence-electron chi connectivity index (χ1n) is 6.31. The van der Waals surface area contributed by atoms with Gasteiger partial charge in [0.15, 0.2) is 0 Å². The van der Waals surface area contributed by atoms with Crippen LogP contribution in [0.15, 0.2) is 30.5 Å². The molecule has 0 N–H and O–H groups in total. The van der Waals surface area contributed by atoms with Crippen LogP contribution in [-0.4, -0.2) is 28.6 Å². The van der Waals surface area contributed by atoms with Gasteiger partial charge in [-0.1, -0.05) is 0 Å². The van der Waals surface area contributed by atoms with Crippen molar-refractivity contribution in [3.05, 3.63) is 36.3 Å². The van der Waals surface area contributed by atoms with Crippen molar-refractivity contribution >= 4 is 16.9 Å². The lowest BCUT2D eigenvalue weighted by Crippen LogP contribution is -2.38. The minimum absolute atomic E-state index is 0.00342. The first kappa shape index (κ1) is 11.3. The van der Waals surface area contributed by atoms with Gasteiger partial charge in [-0.25, -0.2) is 9.18 Å². The molecule has 1 aromatic carbocycles. The van der Waals surface area contributed by atoms with Gasteiger partial charge in [-0.3, -0.25) is 4.57 Å². The second-order valence-corrected chi connectivity index (χ2v) is 4.72. The summed E-state index contributed by atoms with van der Waals surface area (Å²) in [7, 11) is 0. The van der Waals surface area contributed by atoms with Gasteiger partial charge in [-0.05, 0) is 43.5 Å². The van der Waals surface area contributed by atoms with Gasteiger partial charge in [0, 0.05) is 24.7 Å². The number of likely N-dealkylation sites (tertiary alicyclic amines) is 1. The van der Waals surface area contributed by atoms with Crippen LogP contribution in [-0.2, 0) is 0 Å². The van der Waals surface area contributed by atoms with Gasteiger partial charge in [0.1, 0.15) is 5.82 Å². The quantitative estimate of drug-likeness (QED) is 0.700. The molecular formula is C14H15FN2O. The summed E-state index contributed by atoms with van der Waals surface area (Å²) in [5, 5.41) is 0.764. The topological polar surface area (TPSA) is 25.2 Å². The number of carbonyl (C=O) groups excluding carboxylic acids is 1. The molecule has 2 aromatic rings. The Hall–Kier alpha value is -1.84. The molecule has 1 aliphatic rings. The Morgan fingerprint density at radius 1 is 1.11 bits per heavy atom. The third-order valence-electron chi connectivity index (χ3n) is 3.48. The lowest BCUT2D eigenvalue weighted by atomic mass is 10.1. The number of fused-ring (bicyclic) bond motifs is 1. The van der Waals surface area contributed by atoms with Crippen LogP contribution >= 0.6 is 0 Å². The van der Waals surface area contributed by atoms with Crippen LogP contribution in [0.4, 0.5) is 9.18 Å². The zero-order valence-electron chi connectivity index (χ0n) is 10.1. The number of hydrogen-bond acceptors (Lipinski definition) is 1. The van der Waals surface area contributed by atoms with Crippen LogP contribution < -0.4 is 0 Å². The number of aromatic nitrogens is 1. The third kappa shape index (κ3) is 1.88. The maximum absolute atomic E-state index is 13.1. The van der Waals surface area contributed by atoms with Crippen LogP contribution in [0.25, 0.3) is 10.9 Å². The monoisotopic (exact) mass is 246 g/mol. The number of amides is 1. The molecule has 4 heteroatoms. The number of hydrogen-bond donors (Lipinski definition) is 0. The van der Waals surface area contributed by atoms with E-state index in [1.807, 2.05) is 4.90 Å². The number of halogens is 1. The fraction of sp³-hybridized carbons (Fsp3) is 0.357. The normalized spacial score (nSPS) is 16.2. The van der Waals surface area contributed by atoms with E-state index in [0.717, 1.165) is 36.8 Å². The molecule has 0 unspecified atom stereocenters. The molecule has 0 bridgehead atoms. The lowest BCUT2D eigenvalue weighted by molar-refractivity contribution is 0.189. The largest absolute Gasteiger partial charge is 0.328 e. The summed E-state index contributed by atoms with van der Waals surface area (Å²) in [6, 6.07) is 6.28. The minimum Gasteiger partial charge on any atom is -0.324 e. The van der Waals surface area contributed by atoms with Crippen LogP contribution in [0.3, 0.4) is 0 Å². The summed E-state index contributed by atoms with van der Waals surface area (Å²) in [6.07, 6.45) is 5.06. The highest BCUT2D eigenvalue weighted by molar-refractivity contribution is 5.91. The Bertz CT molecular complexity index is 584. The highest BCUT2D eigenvalue weighted by atomic mass is 19.1. The maximum atomic E-state index is 13.1. The molecule has 3 rings (SSSR count). The number of nitrogens with zero attached hydrogens (tertiary/aromatic N) is 2. The van der Waals surface area contributed by atoms with E-state index < -0.39 is 0 Å². The summed E-state index contributed by atoms with van der Waals surface area (Å²) in [6.45, 7) is 1.64. The summed E-state index contributed by atoms with van der Waals surface area (Å²) in [5.41, 5.74) is 0.770. The van der Waals surface area contributed by atoms with Crippen molar-refractivity contribution < 1.29 is 9.18 Å². The van der Waals surface area contributed by atoms with E-state index in [1.54, 1.807) is 22.9 Å². The van der Waals surface area contributed by atoms with Crippen molar-refractivity contribution in [1.29, 1.82) is 0 Å². The Balaban J connectivity index is 1.96. The van der Waals surface area contributed by atoms with E-state index in [1.165, 1.54) is 18.6 Å². The molecule has 0 atom stereocenters. The van der Waals surface area contributed by atoms with Gasteiger partial charge in [-0.2, -0.15) is 0 Å². The zero-order valence-corrected chi connectivity index (χ0v) is 10.1. The van der Waals surface area contributed by atoms with Crippen molar-refractivity contribution in [2.24, 2.45) is 0 Å². The van der Waals surface area contributed by atoms with E-state index in [-0.39, 0.29) is 11.8 Å². The molecule has 18 heavy (non-hydrogen) atoms. The molecule has 1 saturated heterocycles. The first-order valence-corrected chi connectivity index (χ1v) is 6.31. The van der Waals surface area contributed by atoms with Crippen molar-refractivity contribution in [3.8, 4) is 0 Å². The van der Waals surface area contributed by atoms with Gasteiger partial charge >= 0.3 is 6.03 Å². The number of carbonyl (C=O) groups is 1. The van der Waals surface area contributed by atoms with Gasteiger partial charge in [0.05, 0.1) is 5.52 Å². The lowest BCUT2D eigenvalue weighted by Gasteiger charge is -2.26. The molecule has 1 amide bonds. The van der Waals surface area contributed by atoms with Crippen molar-refractivity contribution in [2.45, 2.75) is 19.3 Å². The zero-order chi connectivity index (χ0) is 12.5. The molecular weight excluding hydrogens is 231 g/mol. The highest BCUT2D eigenvalue weighted by Gasteiger charge is 2.19. The first-order chi connectivity index (χ1) is 8.75. The molecule has 0 radical (unpaired) electrons. The summed E-state index contributed by atoms with van der Waals surface area (Å²) < 4.78 is 14.7. The van der Waals surface area contributed by atoms with Crippen LogP contribution in [0.5, 0.6) is 0 Å². The summed E-state index contributed by atoms with van der Waals surface area (Å²) in [5.74, 6) is -0.273. The van der Waals surface area contributed by atoms with Crippen LogP contribution in [0.1, 0.15) is 19.3 Å². The average Bonchev–Trinajstić information content (AvgIpc) is 2.81. The Morgan fingerprint density at radius 3 is 2.67 bits per heavy atom. The molecule has 3 nitrogen and oxygen atoms in total. The number of rotatable bonds is 0. The van der Waals surface area contributed by atoms with E-state index >= 15 is 0 Å². The SMILES string of the molecule is O=C(N1CCCCC1)n1ccc2cc(F)ccc21.